The fraction of sp³-hybridized carbons (Fsp3) is 0.294. The molecule has 0 atom stereocenters. The second kappa shape index (κ2) is 5.22. The molecule has 124 valence electrons. The summed E-state index contributed by atoms with van der Waals surface area (Å²) >= 11 is 0. The van der Waals surface area contributed by atoms with E-state index in [1.807, 2.05) is 12.1 Å². The molecule has 0 bridgehead atoms. The van der Waals surface area contributed by atoms with Crippen molar-refractivity contribution >= 4 is 11.6 Å². The van der Waals surface area contributed by atoms with Gasteiger partial charge in [0.1, 0.15) is 5.75 Å². The summed E-state index contributed by atoms with van der Waals surface area (Å²) in [5, 5.41) is 0. The first-order valence-corrected chi connectivity index (χ1v) is 7.59. The molecule has 7 heteroatoms. The molecule has 0 N–H and O–H groups in total. The largest absolute Gasteiger partial charge is 0.573 e. The first-order valence-electron chi connectivity index (χ1n) is 7.59. The average Bonchev–Trinajstić information content (AvgIpc) is 2.95. The predicted molar refractivity (Wildman–Crippen MR) is 80.7 cm³/mol. The number of pyridine rings is 1. The topological polar surface area (TPSA) is 42.4 Å². The number of amides is 1. The maximum absolute atomic E-state index is 12.6. The molecule has 0 aliphatic carbocycles. The highest BCUT2D eigenvalue weighted by Crippen LogP contribution is 2.41. The molecule has 0 saturated heterocycles. The van der Waals surface area contributed by atoms with Crippen molar-refractivity contribution in [3.63, 3.8) is 0 Å². The highest BCUT2D eigenvalue weighted by molar-refractivity contribution is 5.99. The van der Waals surface area contributed by atoms with Crippen molar-refractivity contribution in [2.75, 3.05) is 11.4 Å². The second-order valence-corrected chi connectivity index (χ2v) is 5.86. The van der Waals surface area contributed by atoms with Gasteiger partial charge in [-0.05, 0) is 47.7 Å². The Bertz CT molecular complexity index is 833. The summed E-state index contributed by atoms with van der Waals surface area (Å²) in [6.07, 6.45) is -0.392. The van der Waals surface area contributed by atoms with Crippen LogP contribution < -0.4 is 9.64 Å². The van der Waals surface area contributed by atoms with E-state index < -0.39 is 6.36 Å². The number of ether oxygens (including phenoxy) is 1. The van der Waals surface area contributed by atoms with Gasteiger partial charge in [-0.2, -0.15) is 0 Å². The number of halogens is 3. The number of carbonyl (C=O) groups is 1. The molecule has 2 aliphatic heterocycles. The number of anilines is 1. The van der Waals surface area contributed by atoms with E-state index in [1.165, 1.54) is 18.5 Å². The van der Waals surface area contributed by atoms with Gasteiger partial charge in [-0.15, -0.1) is 13.2 Å². The van der Waals surface area contributed by atoms with Crippen LogP contribution >= 0.6 is 0 Å². The van der Waals surface area contributed by atoms with Gasteiger partial charge in [0, 0.05) is 30.9 Å². The van der Waals surface area contributed by atoms with Gasteiger partial charge in [0.05, 0.1) is 5.69 Å². The third-order valence-electron chi connectivity index (χ3n) is 4.37. The number of alkyl halides is 3. The van der Waals surface area contributed by atoms with Crippen LogP contribution in [-0.4, -0.2) is 23.8 Å². The highest BCUT2D eigenvalue weighted by atomic mass is 19.4. The number of aryl methyl sites for hydroxylation is 1. The van der Waals surface area contributed by atoms with Crippen LogP contribution in [0.3, 0.4) is 0 Å². The zero-order valence-corrected chi connectivity index (χ0v) is 12.6. The molecular formula is C17H13F3N2O2. The number of hydrogen-bond acceptors (Lipinski definition) is 3. The van der Waals surface area contributed by atoms with Gasteiger partial charge in [-0.1, -0.05) is 0 Å². The lowest BCUT2D eigenvalue weighted by molar-refractivity contribution is -0.274. The molecule has 0 saturated carbocycles. The Balaban J connectivity index is 1.81. The average molecular weight is 334 g/mol. The van der Waals surface area contributed by atoms with Gasteiger partial charge in [0.25, 0.3) is 0 Å². The molecule has 1 aromatic carbocycles. The van der Waals surface area contributed by atoms with Crippen LogP contribution in [0.5, 0.6) is 5.75 Å². The fourth-order valence-electron chi connectivity index (χ4n) is 3.43. The summed E-state index contributed by atoms with van der Waals surface area (Å²) in [5.74, 6) is -0.164. The zero-order chi connectivity index (χ0) is 16.9. The van der Waals surface area contributed by atoms with Crippen LogP contribution in [0.25, 0.3) is 11.1 Å². The normalized spacial score (nSPS) is 16.3. The first kappa shape index (κ1) is 15.0. The first-order chi connectivity index (χ1) is 11.4. The van der Waals surface area contributed by atoms with E-state index in [2.05, 4.69) is 9.72 Å². The Labute approximate surface area is 135 Å². The summed E-state index contributed by atoms with van der Waals surface area (Å²) in [6.45, 7) is 0.629. The van der Waals surface area contributed by atoms with E-state index in [0.717, 1.165) is 16.8 Å². The summed E-state index contributed by atoms with van der Waals surface area (Å²) < 4.78 is 42.0. The van der Waals surface area contributed by atoms with Gasteiger partial charge in [0.15, 0.2) is 0 Å². The number of rotatable bonds is 2. The Hall–Kier alpha value is -2.57. The highest BCUT2D eigenvalue weighted by Gasteiger charge is 2.34. The number of carbonyl (C=O) groups excluding carboxylic acids is 1. The van der Waals surface area contributed by atoms with Gasteiger partial charge in [-0.25, -0.2) is 0 Å². The van der Waals surface area contributed by atoms with Crippen LogP contribution in [0, 0.1) is 0 Å². The SMILES string of the molecule is O=C1CCc2cc(-c3cnccc3OC(F)(F)F)cc3c2N1CC3. The summed E-state index contributed by atoms with van der Waals surface area (Å²) in [5.41, 5.74) is 3.83. The monoisotopic (exact) mass is 334 g/mol. The molecule has 2 aliphatic rings. The van der Waals surface area contributed by atoms with E-state index in [4.69, 9.17) is 0 Å². The number of nitrogens with zero attached hydrogens (tertiary/aromatic N) is 2. The number of aromatic nitrogens is 1. The predicted octanol–water partition coefficient (Wildman–Crippen LogP) is 3.48. The van der Waals surface area contributed by atoms with E-state index in [0.29, 0.717) is 36.9 Å². The van der Waals surface area contributed by atoms with Gasteiger partial charge in [0.2, 0.25) is 5.91 Å². The van der Waals surface area contributed by atoms with Crippen LogP contribution in [0.15, 0.2) is 30.6 Å². The number of benzene rings is 1. The van der Waals surface area contributed by atoms with Crippen molar-refractivity contribution in [3.05, 3.63) is 41.7 Å². The quantitative estimate of drug-likeness (QED) is 0.844. The Morgan fingerprint density at radius 3 is 2.62 bits per heavy atom. The molecule has 0 fully saturated rings. The Morgan fingerprint density at radius 2 is 1.88 bits per heavy atom. The van der Waals surface area contributed by atoms with Crippen LogP contribution in [0.4, 0.5) is 18.9 Å². The van der Waals surface area contributed by atoms with Crippen LogP contribution in [-0.2, 0) is 17.6 Å². The molecule has 0 radical (unpaired) electrons. The van der Waals surface area contributed by atoms with E-state index in [1.54, 1.807) is 4.90 Å². The second-order valence-electron chi connectivity index (χ2n) is 5.86. The smallest absolute Gasteiger partial charge is 0.405 e. The summed E-state index contributed by atoms with van der Waals surface area (Å²) in [6, 6.07) is 4.87. The third kappa shape index (κ3) is 2.50. The summed E-state index contributed by atoms with van der Waals surface area (Å²) in [7, 11) is 0. The van der Waals surface area contributed by atoms with Gasteiger partial charge in [-0.3, -0.25) is 9.78 Å². The molecule has 0 spiro atoms. The van der Waals surface area contributed by atoms with Gasteiger partial charge >= 0.3 is 6.36 Å². The van der Waals surface area contributed by atoms with Crippen LogP contribution in [0.1, 0.15) is 17.5 Å². The van der Waals surface area contributed by atoms with Crippen molar-refractivity contribution < 1.29 is 22.7 Å². The molecule has 4 rings (SSSR count). The maximum atomic E-state index is 12.6. The molecule has 24 heavy (non-hydrogen) atoms. The maximum Gasteiger partial charge on any atom is 0.573 e. The van der Waals surface area contributed by atoms with Crippen molar-refractivity contribution in [2.45, 2.75) is 25.6 Å². The molecule has 4 nitrogen and oxygen atoms in total. The Morgan fingerprint density at radius 1 is 1.12 bits per heavy atom. The van der Waals surface area contributed by atoms with E-state index in [9.17, 15) is 18.0 Å². The van der Waals surface area contributed by atoms with Gasteiger partial charge < -0.3 is 9.64 Å². The third-order valence-corrected chi connectivity index (χ3v) is 4.37. The lowest BCUT2D eigenvalue weighted by atomic mass is 9.94. The summed E-state index contributed by atoms with van der Waals surface area (Å²) in [4.78, 5) is 17.7. The number of hydrogen-bond donors (Lipinski definition) is 0. The molecule has 1 aromatic heterocycles. The molecule has 2 aromatic rings. The van der Waals surface area contributed by atoms with Crippen molar-refractivity contribution in [3.8, 4) is 16.9 Å². The van der Waals surface area contributed by atoms with Crippen LogP contribution in [0.2, 0.25) is 0 Å². The molecular weight excluding hydrogens is 321 g/mol. The lowest BCUT2D eigenvalue weighted by Gasteiger charge is -2.26. The minimum absolute atomic E-state index is 0.108. The molecule has 0 unspecified atom stereocenters. The fourth-order valence-corrected chi connectivity index (χ4v) is 3.43. The van der Waals surface area contributed by atoms with E-state index in [-0.39, 0.29) is 11.7 Å². The molecule has 1 amide bonds. The minimum atomic E-state index is -4.76. The standard InChI is InChI=1S/C17H13F3N2O2/c18-17(19,20)24-14-3-5-21-9-13(14)12-7-10-1-2-15(23)22-6-4-11(8-12)16(10)22/h3,5,7-9H,1-2,4,6H2. The van der Waals surface area contributed by atoms with E-state index >= 15 is 0 Å². The zero-order valence-electron chi connectivity index (χ0n) is 12.6. The van der Waals surface area contributed by atoms with Crippen molar-refractivity contribution in [1.29, 1.82) is 0 Å². The lowest BCUT2D eigenvalue weighted by Crippen LogP contribution is -2.32. The van der Waals surface area contributed by atoms with Crippen molar-refractivity contribution in [2.24, 2.45) is 0 Å². The molecule has 3 heterocycles. The minimum Gasteiger partial charge on any atom is -0.405 e. The Kier molecular flexibility index (Phi) is 3.26. The van der Waals surface area contributed by atoms with Crippen molar-refractivity contribution in [1.82, 2.24) is 4.98 Å².